The van der Waals surface area contributed by atoms with E-state index in [0.29, 0.717) is 23.1 Å². The summed E-state index contributed by atoms with van der Waals surface area (Å²) in [6.45, 7) is 0.482. The van der Waals surface area contributed by atoms with Crippen LogP contribution < -0.4 is 4.90 Å². The highest BCUT2D eigenvalue weighted by atomic mass is 35.5. The lowest BCUT2D eigenvalue weighted by Crippen LogP contribution is -2.26. The summed E-state index contributed by atoms with van der Waals surface area (Å²) in [6.07, 6.45) is 2.10. The van der Waals surface area contributed by atoms with E-state index in [4.69, 9.17) is 23.2 Å². The van der Waals surface area contributed by atoms with Gasteiger partial charge in [-0.2, -0.15) is 0 Å². The van der Waals surface area contributed by atoms with Gasteiger partial charge in [-0.15, -0.1) is 0 Å². The summed E-state index contributed by atoms with van der Waals surface area (Å²) in [4.78, 5) is 17.8. The van der Waals surface area contributed by atoms with Gasteiger partial charge in [0, 0.05) is 16.9 Å². The summed E-state index contributed by atoms with van der Waals surface area (Å²) in [7, 11) is 0. The number of pyridine rings is 1. The van der Waals surface area contributed by atoms with Gasteiger partial charge in [0.25, 0.3) is 0 Å². The van der Waals surface area contributed by atoms with Gasteiger partial charge in [-0.1, -0.05) is 35.3 Å². The highest BCUT2D eigenvalue weighted by molar-refractivity contribution is 6.31. The minimum atomic E-state index is 0.0761. The van der Waals surface area contributed by atoms with Crippen LogP contribution in [-0.2, 0) is 17.8 Å². The molecular formula is C14H10Cl2N2O. The maximum absolute atomic E-state index is 12.1. The zero-order valence-electron chi connectivity index (χ0n) is 9.94. The molecule has 3 rings (SSSR count). The van der Waals surface area contributed by atoms with E-state index < -0.39 is 0 Å². The van der Waals surface area contributed by atoms with E-state index >= 15 is 0 Å². The second-order valence-electron chi connectivity index (χ2n) is 4.42. The largest absolute Gasteiger partial charge is 0.307 e. The highest BCUT2D eigenvalue weighted by Crippen LogP contribution is 2.32. The van der Waals surface area contributed by atoms with Crippen LogP contribution in [0.4, 0.5) is 5.69 Å². The molecule has 0 bridgehead atoms. The Morgan fingerprint density at radius 3 is 2.79 bits per heavy atom. The van der Waals surface area contributed by atoms with Crippen molar-refractivity contribution in [2.75, 3.05) is 4.90 Å². The van der Waals surface area contributed by atoms with Crippen LogP contribution in [0.3, 0.4) is 0 Å². The van der Waals surface area contributed by atoms with Crippen molar-refractivity contribution in [3.05, 3.63) is 57.8 Å². The number of hydrogen-bond donors (Lipinski definition) is 0. The third kappa shape index (κ3) is 2.44. The molecule has 0 spiro atoms. The Hall–Kier alpha value is -1.58. The van der Waals surface area contributed by atoms with Gasteiger partial charge >= 0.3 is 0 Å². The lowest BCUT2D eigenvalue weighted by Gasteiger charge is -2.17. The number of carbonyl (C=O) groups excluding carboxylic acids is 1. The third-order valence-electron chi connectivity index (χ3n) is 3.11. The molecule has 0 radical (unpaired) electrons. The molecule has 19 heavy (non-hydrogen) atoms. The lowest BCUT2D eigenvalue weighted by atomic mass is 10.2. The van der Waals surface area contributed by atoms with Gasteiger partial charge < -0.3 is 4.90 Å². The normalized spacial score (nSPS) is 13.8. The fraction of sp³-hybridized carbons (Fsp3) is 0.143. The molecule has 1 aliphatic rings. The van der Waals surface area contributed by atoms with Gasteiger partial charge in [0.15, 0.2) is 0 Å². The Kier molecular flexibility index (Phi) is 3.17. The molecule has 0 N–H and O–H groups in total. The fourth-order valence-corrected chi connectivity index (χ4v) is 2.46. The number of rotatable bonds is 2. The van der Waals surface area contributed by atoms with E-state index in [1.54, 1.807) is 23.2 Å². The number of fused-ring (bicyclic) bond motifs is 1. The first-order valence-corrected chi connectivity index (χ1v) is 6.58. The van der Waals surface area contributed by atoms with E-state index in [-0.39, 0.29) is 5.91 Å². The molecular weight excluding hydrogens is 283 g/mol. The topological polar surface area (TPSA) is 33.2 Å². The number of hydrogen-bond acceptors (Lipinski definition) is 2. The average Bonchev–Trinajstić information content (AvgIpc) is 2.69. The third-order valence-corrected chi connectivity index (χ3v) is 3.57. The number of carbonyl (C=O) groups is 1. The van der Waals surface area contributed by atoms with Crippen molar-refractivity contribution in [2.24, 2.45) is 0 Å². The van der Waals surface area contributed by atoms with Gasteiger partial charge in [-0.25, -0.2) is 4.98 Å². The molecule has 0 aliphatic carbocycles. The molecule has 1 aromatic heterocycles. The summed E-state index contributed by atoms with van der Waals surface area (Å²) >= 11 is 11.7. The van der Waals surface area contributed by atoms with Crippen molar-refractivity contribution in [1.82, 2.24) is 4.98 Å². The van der Waals surface area contributed by atoms with E-state index in [1.165, 1.54) is 0 Å². The van der Waals surface area contributed by atoms with Gasteiger partial charge in [0.2, 0.25) is 5.91 Å². The van der Waals surface area contributed by atoms with Gasteiger partial charge in [-0.3, -0.25) is 4.79 Å². The highest BCUT2D eigenvalue weighted by Gasteiger charge is 2.27. The van der Waals surface area contributed by atoms with Crippen molar-refractivity contribution in [3.8, 4) is 0 Å². The Balaban J connectivity index is 1.91. The van der Waals surface area contributed by atoms with Gasteiger partial charge in [0.05, 0.1) is 13.0 Å². The number of aromatic nitrogens is 1. The van der Waals surface area contributed by atoms with Crippen LogP contribution in [0.5, 0.6) is 0 Å². The molecule has 5 heteroatoms. The van der Waals surface area contributed by atoms with Crippen LogP contribution in [0.1, 0.15) is 11.1 Å². The summed E-state index contributed by atoms with van der Waals surface area (Å²) < 4.78 is 0. The minimum Gasteiger partial charge on any atom is -0.307 e. The molecule has 0 atom stereocenters. The van der Waals surface area contributed by atoms with Crippen molar-refractivity contribution >= 4 is 34.8 Å². The number of amides is 1. The molecule has 3 nitrogen and oxygen atoms in total. The molecule has 1 aromatic carbocycles. The van der Waals surface area contributed by atoms with Crippen LogP contribution in [0.15, 0.2) is 36.5 Å². The van der Waals surface area contributed by atoms with Gasteiger partial charge in [-0.05, 0) is 29.3 Å². The predicted molar refractivity (Wildman–Crippen MR) is 75.6 cm³/mol. The second kappa shape index (κ2) is 4.83. The zero-order valence-corrected chi connectivity index (χ0v) is 11.4. The molecule has 2 heterocycles. The van der Waals surface area contributed by atoms with Gasteiger partial charge in [0.1, 0.15) is 5.15 Å². The number of nitrogens with zero attached hydrogens (tertiary/aromatic N) is 2. The number of halogens is 2. The smallest absolute Gasteiger partial charge is 0.231 e. The summed E-state index contributed by atoms with van der Waals surface area (Å²) in [6, 6.07) is 9.11. The molecule has 96 valence electrons. The molecule has 0 fully saturated rings. The first kappa shape index (κ1) is 12.5. The fourth-order valence-electron chi connectivity index (χ4n) is 2.19. The van der Waals surface area contributed by atoms with E-state index in [2.05, 4.69) is 4.98 Å². The maximum Gasteiger partial charge on any atom is 0.231 e. The molecule has 0 saturated heterocycles. The Labute approximate surface area is 120 Å². The van der Waals surface area contributed by atoms with Crippen molar-refractivity contribution < 1.29 is 4.79 Å². The average molecular weight is 293 g/mol. The van der Waals surface area contributed by atoms with E-state index in [1.807, 2.05) is 18.2 Å². The lowest BCUT2D eigenvalue weighted by molar-refractivity contribution is -0.117. The van der Waals surface area contributed by atoms with Crippen LogP contribution in [0.25, 0.3) is 0 Å². The SMILES string of the molecule is O=C1Cc2ccc(Cl)cc2N1Cc1ccc(Cl)nc1. The maximum atomic E-state index is 12.1. The molecule has 1 amide bonds. The van der Waals surface area contributed by atoms with Crippen molar-refractivity contribution in [2.45, 2.75) is 13.0 Å². The summed E-state index contributed by atoms with van der Waals surface area (Å²) in [5.41, 5.74) is 2.83. The monoisotopic (exact) mass is 292 g/mol. The van der Waals surface area contributed by atoms with Crippen molar-refractivity contribution in [3.63, 3.8) is 0 Å². The first-order valence-electron chi connectivity index (χ1n) is 5.83. The standard InChI is InChI=1S/C14H10Cl2N2O/c15-11-3-2-10-5-14(19)18(12(10)6-11)8-9-1-4-13(16)17-7-9/h1-4,6-7H,5,8H2. The van der Waals surface area contributed by atoms with E-state index in [0.717, 1.165) is 16.8 Å². The Bertz CT molecular complexity index is 640. The van der Waals surface area contributed by atoms with Crippen LogP contribution in [0.2, 0.25) is 10.2 Å². The first-order chi connectivity index (χ1) is 9.13. The second-order valence-corrected chi connectivity index (χ2v) is 5.24. The molecule has 2 aromatic rings. The molecule has 0 unspecified atom stereocenters. The zero-order chi connectivity index (χ0) is 13.4. The van der Waals surface area contributed by atoms with Crippen LogP contribution in [0, 0.1) is 0 Å². The number of benzene rings is 1. The Morgan fingerprint density at radius 1 is 1.21 bits per heavy atom. The summed E-state index contributed by atoms with van der Waals surface area (Å²) in [5.74, 6) is 0.0761. The molecule has 1 aliphatic heterocycles. The van der Waals surface area contributed by atoms with E-state index in [9.17, 15) is 4.79 Å². The summed E-state index contributed by atoms with van der Waals surface area (Å²) in [5, 5.41) is 1.08. The van der Waals surface area contributed by atoms with Crippen LogP contribution in [-0.4, -0.2) is 10.9 Å². The quantitative estimate of drug-likeness (QED) is 0.794. The number of anilines is 1. The van der Waals surface area contributed by atoms with Crippen molar-refractivity contribution in [1.29, 1.82) is 0 Å². The molecule has 0 saturated carbocycles. The minimum absolute atomic E-state index is 0.0761. The Morgan fingerprint density at radius 2 is 2.05 bits per heavy atom. The van der Waals surface area contributed by atoms with Crippen LogP contribution >= 0.6 is 23.2 Å². The predicted octanol–water partition coefficient (Wildman–Crippen LogP) is 3.48.